The molecular weight excluding hydrogens is 338 g/mol. The standard InChI is InChI=1S/C19H20ClN3O2/c1-12-7-8-16(11-17(12)20)15(4)23-18(13(2)14(3)21-23)25-19(24)22-9-5-6-10-22/h5-11,15H,1-4H3. The summed E-state index contributed by atoms with van der Waals surface area (Å²) in [6.45, 7) is 7.75. The van der Waals surface area contributed by atoms with Crippen molar-refractivity contribution in [1.29, 1.82) is 0 Å². The molecule has 0 aliphatic heterocycles. The predicted octanol–water partition coefficient (Wildman–Crippen LogP) is 4.92. The van der Waals surface area contributed by atoms with Gasteiger partial charge in [-0.1, -0.05) is 23.7 Å². The van der Waals surface area contributed by atoms with Crippen molar-refractivity contribution in [3.05, 3.63) is 70.1 Å². The first-order valence-electron chi connectivity index (χ1n) is 8.05. The van der Waals surface area contributed by atoms with E-state index in [2.05, 4.69) is 5.10 Å². The molecule has 0 spiro atoms. The van der Waals surface area contributed by atoms with Gasteiger partial charge in [0.2, 0.25) is 5.88 Å². The van der Waals surface area contributed by atoms with Crippen molar-refractivity contribution in [2.24, 2.45) is 0 Å². The summed E-state index contributed by atoms with van der Waals surface area (Å²) >= 11 is 6.26. The molecule has 25 heavy (non-hydrogen) atoms. The molecule has 1 unspecified atom stereocenters. The minimum Gasteiger partial charge on any atom is -0.391 e. The molecule has 0 radical (unpaired) electrons. The van der Waals surface area contributed by atoms with Crippen LogP contribution in [0.2, 0.25) is 5.02 Å². The molecule has 0 N–H and O–H groups in total. The molecule has 6 heteroatoms. The molecule has 1 atom stereocenters. The fraction of sp³-hybridized carbons (Fsp3) is 0.263. The molecule has 0 fully saturated rings. The second-order valence-corrected chi connectivity index (χ2v) is 6.51. The predicted molar refractivity (Wildman–Crippen MR) is 97.6 cm³/mol. The molecule has 3 rings (SSSR count). The fourth-order valence-corrected chi connectivity index (χ4v) is 2.79. The highest BCUT2D eigenvalue weighted by atomic mass is 35.5. The summed E-state index contributed by atoms with van der Waals surface area (Å²) in [5.74, 6) is 0.445. The third kappa shape index (κ3) is 3.33. The number of halogens is 1. The Morgan fingerprint density at radius 2 is 1.88 bits per heavy atom. The van der Waals surface area contributed by atoms with Gasteiger partial charge in [0, 0.05) is 23.0 Å². The van der Waals surface area contributed by atoms with Gasteiger partial charge in [0.25, 0.3) is 0 Å². The Morgan fingerprint density at radius 3 is 2.52 bits per heavy atom. The zero-order valence-corrected chi connectivity index (χ0v) is 15.4. The number of aromatic nitrogens is 3. The number of carbonyl (C=O) groups is 1. The first-order chi connectivity index (χ1) is 11.9. The van der Waals surface area contributed by atoms with Crippen LogP contribution in [0.1, 0.15) is 35.3 Å². The molecule has 0 saturated heterocycles. The summed E-state index contributed by atoms with van der Waals surface area (Å²) in [7, 11) is 0. The highest BCUT2D eigenvalue weighted by Gasteiger charge is 2.22. The lowest BCUT2D eigenvalue weighted by Gasteiger charge is -2.17. The van der Waals surface area contributed by atoms with Crippen LogP contribution in [0.25, 0.3) is 0 Å². The maximum absolute atomic E-state index is 12.3. The molecule has 3 aromatic rings. The van der Waals surface area contributed by atoms with Crippen molar-refractivity contribution >= 4 is 17.7 Å². The number of nitrogens with zero attached hydrogens (tertiary/aromatic N) is 3. The lowest BCUT2D eigenvalue weighted by atomic mass is 10.1. The summed E-state index contributed by atoms with van der Waals surface area (Å²) in [5, 5.41) is 5.26. The topological polar surface area (TPSA) is 49.1 Å². The molecule has 5 nitrogen and oxygen atoms in total. The molecule has 0 amide bonds. The maximum atomic E-state index is 12.3. The van der Waals surface area contributed by atoms with Crippen molar-refractivity contribution < 1.29 is 9.53 Å². The molecule has 0 aliphatic carbocycles. The second-order valence-electron chi connectivity index (χ2n) is 6.10. The average molecular weight is 358 g/mol. The second kappa shape index (κ2) is 6.76. The maximum Gasteiger partial charge on any atom is 0.424 e. The Kier molecular flexibility index (Phi) is 4.68. The van der Waals surface area contributed by atoms with Crippen LogP contribution in [-0.2, 0) is 0 Å². The third-order valence-corrected chi connectivity index (χ3v) is 4.78. The Balaban J connectivity index is 1.97. The Labute approximate surface area is 151 Å². The highest BCUT2D eigenvalue weighted by molar-refractivity contribution is 6.31. The average Bonchev–Trinajstić information content (AvgIpc) is 3.21. The van der Waals surface area contributed by atoms with Crippen molar-refractivity contribution in [2.75, 3.05) is 0 Å². The number of benzene rings is 1. The van der Waals surface area contributed by atoms with E-state index >= 15 is 0 Å². The molecule has 0 saturated carbocycles. The third-order valence-electron chi connectivity index (χ3n) is 4.37. The van der Waals surface area contributed by atoms with E-state index in [9.17, 15) is 4.79 Å². The van der Waals surface area contributed by atoms with Crippen molar-refractivity contribution in [3.8, 4) is 5.88 Å². The molecule has 2 aromatic heterocycles. The number of carbonyl (C=O) groups excluding carboxylic acids is 1. The van der Waals surface area contributed by atoms with Gasteiger partial charge in [0.1, 0.15) is 0 Å². The van der Waals surface area contributed by atoms with Crippen LogP contribution in [-0.4, -0.2) is 20.4 Å². The minimum absolute atomic E-state index is 0.127. The van der Waals surface area contributed by atoms with Gasteiger partial charge < -0.3 is 4.74 Å². The van der Waals surface area contributed by atoms with Crippen molar-refractivity contribution in [3.63, 3.8) is 0 Å². The van der Waals surface area contributed by atoms with Crippen LogP contribution in [0.5, 0.6) is 5.88 Å². The minimum atomic E-state index is -0.469. The molecular formula is C19H20ClN3O2. The van der Waals surface area contributed by atoms with Crippen LogP contribution in [0, 0.1) is 20.8 Å². The van der Waals surface area contributed by atoms with Crippen LogP contribution in [0.15, 0.2) is 42.7 Å². The summed E-state index contributed by atoms with van der Waals surface area (Å²) in [6.07, 6.45) is 2.83. The van der Waals surface area contributed by atoms with Crippen LogP contribution in [0.3, 0.4) is 0 Å². The highest BCUT2D eigenvalue weighted by Crippen LogP contribution is 2.30. The molecule has 0 bridgehead atoms. The zero-order valence-electron chi connectivity index (χ0n) is 14.7. The normalized spacial score (nSPS) is 12.2. The first-order valence-corrected chi connectivity index (χ1v) is 8.43. The summed E-state index contributed by atoms with van der Waals surface area (Å²) in [4.78, 5) is 12.3. The van der Waals surface area contributed by atoms with Crippen molar-refractivity contribution in [1.82, 2.24) is 14.3 Å². The fourth-order valence-electron chi connectivity index (χ4n) is 2.60. The monoisotopic (exact) mass is 357 g/mol. The first kappa shape index (κ1) is 17.3. The number of ether oxygens (including phenoxy) is 1. The van der Waals surface area contributed by atoms with Crippen LogP contribution in [0.4, 0.5) is 4.79 Å². The van der Waals surface area contributed by atoms with Crippen molar-refractivity contribution in [2.45, 2.75) is 33.7 Å². The van der Waals surface area contributed by atoms with Crippen LogP contribution < -0.4 is 4.74 Å². The number of aryl methyl sites for hydroxylation is 2. The summed E-state index contributed by atoms with van der Waals surface area (Å²) in [5.41, 5.74) is 3.67. The SMILES string of the molecule is Cc1ccc(C(C)n2nc(C)c(C)c2OC(=O)n2cccc2)cc1Cl. The van der Waals surface area contributed by atoms with E-state index in [1.165, 1.54) is 4.57 Å². The Hall–Kier alpha value is -2.53. The van der Waals surface area contributed by atoms with Gasteiger partial charge in [-0.05, 0) is 57.0 Å². The van der Waals surface area contributed by atoms with E-state index in [4.69, 9.17) is 16.3 Å². The number of rotatable bonds is 3. The summed E-state index contributed by atoms with van der Waals surface area (Å²) in [6, 6.07) is 9.32. The quantitative estimate of drug-likeness (QED) is 0.668. The van der Waals surface area contributed by atoms with E-state index in [0.29, 0.717) is 10.9 Å². The van der Waals surface area contributed by atoms with Gasteiger partial charge in [0.05, 0.1) is 11.7 Å². The molecule has 1 aromatic carbocycles. The lowest BCUT2D eigenvalue weighted by molar-refractivity contribution is 0.196. The Morgan fingerprint density at radius 1 is 1.20 bits per heavy atom. The lowest BCUT2D eigenvalue weighted by Crippen LogP contribution is -2.19. The smallest absolute Gasteiger partial charge is 0.391 e. The molecule has 2 heterocycles. The van der Waals surface area contributed by atoms with E-state index in [1.807, 2.05) is 45.9 Å². The van der Waals surface area contributed by atoms with Gasteiger partial charge in [0.15, 0.2) is 0 Å². The number of hydrogen-bond donors (Lipinski definition) is 0. The number of hydrogen-bond acceptors (Lipinski definition) is 3. The van der Waals surface area contributed by atoms with E-state index in [1.54, 1.807) is 29.2 Å². The van der Waals surface area contributed by atoms with Gasteiger partial charge in [-0.3, -0.25) is 4.57 Å². The zero-order chi connectivity index (χ0) is 18.1. The van der Waals surface area contributed by atoms with E-state index in [0.717, 1.165) is 22.4 Å². The molecule has 0 aliphatic rings. The van der Waals surface area contributed by atoms with E-state index < -0.39 is 6.09 Å². The van der Waals surface area contributed by atoms with Gasteiger partial charge >= 0.3 is 6.09 Å². The van der Waals surface area contributed by atoms with Crippen LogP contribution >= 0.6 is 11.6 Å². The van der Waals surface area contributed by atoms with Gasteiger partial charge in [-0.25, -0.2) is 9.48 Å². The van der Waals surface area contributed by atoms with E-state index in [-0.39, 0.29) is 6.04 Å². The van der Waals surface area contributed by atoms with Gasteiger partial charge in [-0.15, -0.1) is 0 Å². The summed E-state index contributed by atoms with van der Waals surface area (Å²) < 4.78 is 8.75. The largest absolute Gasteiger partial charge is 0.424 e. The Bertz CT molecular complexity index is 913. The molecule has 130 valence electrons. The van der Waals surface area contributed by atoms with Gasteiger partial charge in [-0.2, -0.15) is 5.10 Å².